The highest BCUT2D eigenvalue weighted by atomic mass is 19.1. The number of carbonyl (C=O) groups excluding carboxylic acids is 1. The summed E-state index contributed by atoms with van der Waals surface area (Å²) in [4.78, 5) is 15.9. The zero-order valence-electron chi connectivity index (χ0n) is 10.8. The summed E-state index contributed by atoms with van der Waals surface area (Å²) in [6, 6.07) is 9.64. The summed E-state index contributed by atoms with van der Waals surface area (Å²) in [7, 11) is 0. The number of aryl methyl sites for hydroxylation is 1. The van der Waals surface area contributed by atoms with Crippen LogP contribution < -0.4 is 0 Å². The highest BCUT2D eigenvalue weighted by molar-refractivity contribution is 5.90. The van der Waals surface area contributed by atoms with Crippen LogP contribution in [0.1, 0.15) is 23.0 Å². The Morgan fingerprint density at radius 3 is 2.63 bits per heavy atom. The van der Waals surface area contributed by atoms with Crippen molar-refractivity contribution in [2.45, 2.75) is 13.8 Å². The Kier molecular flexibility index (Phi) is 3.90. The molecule has 0 saturated heterocycles. The van der Waals surface area contributed by atoms with Gasteiger partial charge in [0.15, 0.2) is 0 Å². The van der Waals surface area contributed by atoms with E-state index in [-0.39, 0.29) is 5.82 Å². The predicted octanol–water partition coefficient (Wildman–Crippen LogP) is 3.37. The van der Waals surface area contributed by atoms with E-state index in [2.05, 4.69) is 4.98 Å². The number of ether oxygens (including phenoxy) is 1. The Balaban J connectivity index is 2.39. The molecule has 98 valence electrons. The number of benzene rings is 1. The van der Waals surface area contributed by atoms with Gasteiger partial charge in [0, 0.05) is 5.56 Å². The summed E-state index contributed by atoms with van der Waals surface area (Å²) in [5.41, 5.74) is 1.85. The Hall–Kier alpha value is -2.23. The van der Waals surface area contributed by atoms with Gasteiger partial charge in [-0.25, -0.2) is 9.18 Å². The first kappa shape index (κ1) is 13.2. The molecule has 0 aliphatic rings. The van der Waals surface area contributed by atoms with Crippen LogP contribution >= 0.6 is 0 Å². The SMILES string of the molecule is CCOC(=O)c1ccc(-c2ccccc2F)nc1C. The highest BCUT2D eigenvalue weighted by Crippen LogP contribution is 2.22. The van der Waals surface area contributed by atoms with E-state index in [1.165, 1.54) is 6.07 Å². The third kappa shape index (κ3) is 2.78. The zero-order chi connectivity index (χ0) is 13.8. The molecule has 1 heterocycles. The van der Waals surface area contributed by atoms with Gasteiger partial charge in [-0.15, -0.1) is 0 Å². The average molecular weight is 259 g/mol. The molecule has 0 radical (unpaired) electrons. The molecule has 0 amide bonds. The molecule has 0 bridgehead atoms. The number of esters is 1. The van der Waals surface area contributed by atoms with Gasteiger partial charge < -0.3 is 4.74 Å². The van der Waals surface area contributed by atoms with Crippen LogP contribution in [0.2, 0.25) is 0 Å². The van der Waals surface area contributed by atoms with E-state index in [0.29, 0.717) is 29.1 Å². The molecular weight excluding hydrogens is 245 g/mol. The molecule has 3 nitrogen and oxygen atoms in total. The summed E-state index contributed by atoms with van der Waals surface area (Å²) >= 11 is 0. The largest absolute Gasteiger partial charge is 0.462 e. The highest BCUT2D eigenvalue weighted by Gasteiger charge is 2.13. The second-order valence-electron chi connectivity index (χ2n) is 4.03. The fourth-order valence-electron chi connectivity index (χ4n) is 1.80. The van der Waals surface area contributed by atoms with Gasteiger partial charge >= 0.3 is 5.97 Å². The second-order valence-corrected chi connectivity index (χ2v) is 4.03. The van der Waals surface area contributed by atoms with Crippen LogP contribution in [0.5, 0.6) is 0 Å². The predicted molar refractivity (Wildman–Crippen MR) is 70.3 cm³/mol. The fraction of sp³-hybridized carbons (Fsp3) is 0.200. The first-order valence-corrected chi connectivity index (χ1v) is 6.03. The molecule has 1 aromatic heterocycles. The lowest BCUT2D eigenvalue weighted by molar-refractivity contribution is 0.0525. The zero-order valence-corrected chi connectivity index (χ0v) is 10.8. The quantitative estimate of drug-likeness (QED) is 0.793. The van der Waals surface area contributed by atoms with Crippen molar-refractivity contribution in [3.05, 3.63) is 53.5 Å². The van der Waals surface area contributed by atoms with Crippen molar-refractivity contribution in [2.75, 3.05) is 6.61 Å². The number of pyridine rings is 1. The number of aromatic nitrogens is 1. The third-order valence-electron chi connectivity index (χ3n) is 2.73. The Labute approximate surface area is 111 Å². The molecule has 0 unspecified atom stereocenters. The van der Waals surface area contributed by atoms with Gasteiger partial charge in [0.05, 0.1) is 23.6 Å². The van der Waals surface area contributed by atoms with Crippen molar-refractivity contribution in [3.63, 3.8) is 0 Å². The number of halogens is 1. The maximum Gasteiger partial charge on any atom is 0.339 e. The minimum Gasteiger partial charge on any atom is -0.462 e. The average Bonchev–Trinajstić information content (AvgIpc) is 2.39. The molecule has 0 saturated carbocycles. The summed E-state index contributed by atoms with van der Waals surface area (Å²) in [5, 5.41) is 0. The monoisotopic (exact) mass is 259 g/mol. The molecule has 0 N–H and O–H groups in total. The van der Waals surface area contributed by atoms with Crippen molar-refractivity contribution in [1.82, 2.24) is 4.98 Å². The smallest absolute Gasteiger partial charge is 0.339 e. The number of carbonyl (C=O) groups is 1. The lowest BCUT2D eigenvalue weighted by atomic mass is 10.1. The number of nitrogens with zero attached hydrogens (tertiary/aromatic N) is 1. The van der Waals surface area contributed by atoms with Crippen LogP contribution in [0.15, 0.2) is 36.4 Å². The molecule has 19 heavy (non-hydrogen) atoms. The van der Waals surface area contributed by atoms with Gasteiger partial charge in [-0.05, 0) is 38.1 Å². The summed E-state index contributed by atoms with van der Waals surface area (Å²) in [6.45, 7) is 3.76. The number of hydrogen-bond donors (Lipinski definition) is 0. The summed E-state index contributed by atoms with van der Waals surface area (Å²) < 4.78 is 18.6. The lowest BCUT2D eigenvalue weighted by Gasteiger charge is -2.07. The third-order valence-corrected chi connectivity index (χ3v) is 2.73. The Bertz CT molecular complexity index is 611. The van der Waals surface area contributed by atoms with Crippen molar-refractivity contribution in [1.29, 1.82) is 0 Å². The van der Waals surface area contributed by atoms with Crippen molar-refractivity contribution < 1.29 is 13.9 Å². The van der Waals surface area contributed by atoms with E-state index in [1.807, 2.05) is 0 Å². The van der Waals surface area contributed by atoms with Crippen LogP contribution in [0.4, 0.5) is 4.39 Å². The van der Waals surface area contributed by atoms with E-state index in [1.54, 1.807) is 44.2 Å². The van der Waals surface area contributed by atoms with Gasteiger partial charge in [0.1, 0.15) is 5.82 Å². The van der Waals surface area contributed by atoms with Gasteiger partial charge in [0.2, 0.25) is 0 Å². The molecule has 0 fully saturated rings. The van der Waals surface area contributed by atoms with E-state index in [4.69, 9.17) is 4.74 Å². The first-order chi connectivity index (χ1) is 9.13. The number of hydrogen-bond acceptors (Lipinski definition) is 3. The molecule has 0 aliphatic carbocycles. The van der Waals surface area contributed by atoms with Crippen molar-refractivity contribution >= 4 is 5.97 Å². The Morgan fingerprint density at radius 1 is 1.26 bits per heavy atom. The summed E-state index contributed by atoms with van der Waals surface area (Å²) in [5.74, 6) is -0.745. The molecule has 0 aliphatic heterocycles. The van der Waals surface area contributed by atoms with E-state index in [9.17, 15) is 9.18 Å². The van der Waals surface area contributed by atoms with E-state index >= 15 is 0 Å². The van der Waals surface area contributed by atoms with Crippen LogP contribution in [-0.2, 0) is 4.74 Å². The molecular formula is C15H14FNO2. The van der Waals surface area contributed by atoms with Crippen LogP contribution in [0.3, 0.4) is 0 Å². The van der Waals surface area contributed by atoms with E-state index < -0.39 is 5.97 Å². The second kappa shape index (κ2) is 5.61. The minimum atomic E-state index is -0.410. The molecule has 2 rings (SSSR count). The van der Waals surface area contributed by atoms with Crippen LogP contribution in [0, 0.1) is 12.7 Å². The van der Waals surface area contributed by atoms with Crippen LogP contribution in [-0.4, -0.2) is 17.6 Å². The molecule has 4 heteroatoms. The lowest BCUT2D eigenvalue weighted by Crippen LogP contribution is -2.08. The molecule has 1 aromatic carbocycles. The summed E-state index contributed by atoms with van der Waals surface area (Å²) in [6.07, 6.45) is 0. The standard InChI is InChI=1S/C15H14FNO2/c1-3-19-15(18)11-8-9-14(17-10(11)2)12-6-4-5-7-13(12)16/h4-9H,3H2,1-2H3. The van der Waals surface area contributed by atoms with Gasteiger partial charge in [-0.2, -0.15) is 0 Å². The van der Waals surface area contributed by atoms with E-state index in [0.717, 1.165) is 0 Å². The number of rotatable bonds is 3. The maximum atomic E-state index is 13.7. The van der Waals surface area contributed by atoms with Gasteiger partial charge in [-0.3, -0.25) is 4.98 Å². The van der Waals surface area contributed by atoms with Crippen molar-refractivity contribution in [3.8, 4) is 11.3 Å². The molecule has 0 atom stereocenters. The van der Waals surface area contributed by atoms with Gasteiger partial charge in [0.25, 0.3) is 0 Å². The van der Waals surface area contributed by atoms with Crippen LogP contribution in [0.25, 0.3) is 11.3 Å². The normalized spacial score (nSPS) is 10.3. The first-order valence-electron chi connectivity index (χ1n) is 6.03. The minimum absolute atomic E-state index is 0.313. The van der Waals surface area contributed by atoms with Crippen molar-refractivity contribution in [2.24, 2.45) is 0 Å². The Morgan fingerprint density at radius 2 is 2.00 bits per heavy atom. The molecule has 2 aromatic rings. The van der Waals surface area contributed by atoms with Gasteiger partial charge in [-0.1, -0.05) is 12.1 Å². The fourth-order valence-corrected chi connectivity index (χ4v) is 1.80. The topological polar surface area (TPSA) is 39.2 Å². The molecule has 0 spiro atoms. The maximum absolute atomic E-state index is 13.7.